The normalized spacial score (nSPS) is 14.0. The van der Waals surface area contributed by atoms with Crippen molar-refractivity contribution >= 4 is 22.7 Å². The van der Waals surface area contributed by atoms with Crippen molar-refractivity contribution in [3.63, 3.8) is 0 Å². The second kappa shape index (κ2) is 5.33. The van der Waals surface area contributed by atoms with Gasteiger partial charge in [-0.25, -0.2) is 4.98 Å². The van der Waals surface area contributed by atoms with E-state index in [4.69, 9.17) is 9.47 Å². The molecule has 2 N–H and O–H groups in total. The summed E-state index contributed by atoms with van der Waals surface area (Å²) in [4.78, 5) is 7.22. The Morgan fingerprint density at radius 1 is 1.04 bits per heavy atom. The second-order valence-electron chi connectivity index (χ2n) is 5.27. The summed E-state index contributed by atoms with van der Waals surface area (Å²) >= 11 is 0. The Morgan fingerprint density at radius 3 is 2.50 bits per heavy atom. The summed E-state index contributed by atoms with van der Waals surface area (Å²) in [5.74, 6) is 1.37. The van der Waals surface area contributed by atoms with E-state index in [1.54, 1.807) is 12.1 Å². The number of halogens is 3. The van der Waals surface area contributed by atoms with E-state index in [0.29, 0.717) is 35.7 Å². The van der Waals surface area contributed by atoms with Gasteiger partial charge in [0.25, 0.3) is 0 Å². The van der Waals surface area contributed by atoms with Crippen molar-refractivity contribution in [2.45, 2.75) is 6.18 Å². The Labute approximate surface area is 134 Å². The molecule has 124 valence electrons. The second-order valence-corrected chi connectivity index (χ2v) is 5.27. The van der Waals surface area contributed by atoms with Crippen molar-refractivity contribution in [1.29, 1.82) is 0 Å². The number of anilines is 2. The summed E-state index contributed by atoms with van der Waals surface area (Å²) in [6.07, 6.45) is -4.45. The highest BCUT2D eigenvalue weighted by molar-refractivity contribution is 5.82. The van der Waals surface area contributed by atoms with Crippen LogP contribution in [0.3, 0.4) is 0 Å². The molecule has 5 nitrogen and oxygen atoms in total. The maximum Gasteiger partial charge on any atom is 0.418 e. The van der Waals surface area contributed by atoms with Crippen LogP contribution in [0.25, 0.3) is 11.0 Å². The van der Waals surface area contributed by atoms with Crippen molar-refractivity contribution in [2.24, 2.45) is 0 Å². The van der Waals surface area contributed by atoms with Crippen molar-refractivity contribution < 1.29 is 22.6 Å². The number of alkyl halides is 3. The van der Waals surface area contributed by atoms with Gasteiger partial charge in [-0.05, 0) is 12.1 Å². The Bertz CT molecular complexity index is 862. The fourth-order valence-corrected chi connectivity index (χ4v) is 2.57. The molecule has 0 aliphatic carbocycles. The average molecular weight is 335 g/mol. The molecule has 0 radical (unpaired) electrons. The number of aromatic nitrogens is 2. The minimum Gasteiger partial charge on any atom is -0.486 e. The van der Waals surface area contributed by atoms with E-state index in [0.717, 1.165) is 6.07 Å². The summed E-state index contributed by atoms with van der Waals surface area (Å²) in [5.41, 5.74) is 0.398. The maximum absolute atomic E-state index is 13.1. The summed E-state index contributed by atoms with van der Waals surface area (Å²) in [7, 11) is 0. The number of aromatic amines is 1. The lowest BCUT2D eigenvalue weighted by atomic mass is 10.1. The fourth-order valence-electron chi connectivity index (χ4n) is 2.57. The minimum atomic E-state index is -4.45. The first-order chi connectivity index (χ1) is 11.5. The van der Waals surface area contributed by atoms with E-state index < -0.39 is 11.7 Å². The molecule has 0 bridgehead atoms. The molecule has 0 saturated carbocycles. The van der Waals surface area contributed by atoms with E-state index in [1.165, 1.54) is 18.2 Å². The van der Waals surface area contributed by atoms with Crippen LogP contribution in [0.2, 0.25) is 0 Å². The average Bonchev–Trinajstić information content (AvgIpc) is 2.93. The Kier molecular flexibility index (Phi) is 3.26. The third-order valence-corrected chi connectivity index (χ3v) is 3.63. The van der Waals surface area contributed by atoms with Gasteiger partial charge in [-0.15, -0.1) is 0 Å². The number of rotatable bonds is 2. The van der Waals surface area contributed by atoms with E-state index in [2.05, 4.69) is 15.3 Å². The summed E-state index contributed by atoms with van der Waals surface area (Å²) in [6, 6.07) is 8.66. The highest BCUT2D eigenvalue weighted by Gasteiger charge is 2.33. The van der Waals surface area contributed by atoms with Gasteiger partial charge < -0.3 is 19.8 Å². The zero-order chi connectivity index (χ0) is 16.7. The largest absolute Gasteiger partial charge is 0.486 e. The van der Waals surface area contributed by atoms with Gasteiger partial charge in [0.05, 0.1) is 22.3 Å². The molecule has 3 aromatic rings. The molecule has 0 saturated heterocycles. The van der Waals surface area contributed by atoms with E-state index in [1.807, 2.05) is 0 Å². The van der Waals surface area contributed by atoms with Crippen LogP contribution in [0.5, 0.6) is 11.5 Å². The number of nitrogens with zero attached hydrogens (tertiary/aromatic N) is 1. The number of hydrogen-bond acceptors (Lipinski definition) is 4. The van der Waals surface area contributed by atoms with Crippen LogP contribution >= 0.6 is 0 Å². The van der Waals surface area contributed by atoms with Gasteiger partial charge in [-0.3, -0.25) is 0 Å². The minimum absolute atomic E-state index is 0.0682. The molecule has 8 heteroatoms. The van der Waals surface area contributed by atoms with Crippen LogP contribution in [0, 0.1) is 0 Å². The molecule has 2 heterocycles. The van der Waals surface area contributed by atoms with E-state index in [-0.39, 0.29) is 11.6 Å². The van der Waals surface area contributed by atoms with Crippen LogP contribution in [0.15, 0.2) is 36.4 Å². The van der Waals surface area contributed by atoms with Gasteiger partial charge in [0.1, 0.15) is 13.2 Å². The zero-order valence-corrected chi connectivity index (χ0v) is 12.3. The number of benzene rings is 2. The SMILES string of the molecule is FC(F)(F)c1ccccc1Nc1nc2cc3c(cc2[nH]1)OCCO3. The lowest BCUT2D eigenvalue weighted by molar-refractivity contribution is -0.136. The van der Waals surface area contributed by atoms with Gasteiger partial charge in [-0.1, -0.05) is 12.1 Å². The third-order valence-electron chi connectivity index (χ3n) is 3.63. The van der Waals surface area contributed by atoms with Crippen molar-refractivity contribution in [1.82, 2.24) is 9.97 Å². The molecular weight excluding hydrogens is 323 g/mol. The number of para-hydroxylation sites is 1. The quantitative estimate of drug-likeness (QED) is 0.740. The van der Waals surface area contributed by atoms with Crippen LogP contribution in [-0.2, 0) is 6.18 Å². The number of hydrogen-bond donors (Lipinski definition) is 2. The van der Waals surface area contributed by atoms with Crippen molar-refractivity contribution in [3.8, 4) is 11.5 Å². The van der Waals surface area contributed by atoms with Crippen LogP contribution in [0.4, 0.5) is 24.8 Å². The van der Waals surface area contributed by atoms with Gasteiger partial charge in [0.2, 0.25) is 5.95 Å². The molecular formula is C16H12F3N3O2. The Hall–Kier alpha value is -2.90. The molecule has 0 atom stereocenters. The molecule has 0 fully saturated rings. The number of fused-ring (bicyclic) bond motifs is 2. The summed E-state index contributed by atoms with van der Waals surface area (Å²) < 4.78 is 50.1. The first-order valence-corrected chi connectivity index (χ1v) is 7.23. The monoisotopic (exact) mass is 335 g/mol. The first-order valence-electron chi connectivity index (χ1n) is 7.23. The van der Waals surface area contributed by atoms with E-state index >= 15 is 0 Å². The number of H-pyrrole nitrogens is 1. The van der Waals surface area contributed by atoms with E-state index in [9.17, 15) is 13.2 Å². The number of nitrogens with one attached hydrogen (secondary N) is 2. The van der Waals surface area contributed by atoms with Crippen molar-refractivity contribution in [2.75, 3.05) is 18.5 Å². The highest BCUT2D eigenvalue weighted by atomic mass is 19.4. The van der Waals surface area contributed by atoms with Gasteiger partial charge >= 0.3 is 6.18 Å². The summed E-state index contributed by atoms with van der Waals surface area (Å²) in [5, 5.41) is 2.69. The van der Waals surface area contributed by atoms with Crippen LogP contribution < -0.4 is 14.8 Å². The van der Waals surface area contributed by atoms with Crippen LogP contribution in [-0.4, -0.2) is 23.2 Å². The first kappa shape index (κ1) is 14.7. The number of imidazole rings is 1. The lowest BCUT2D eigenvalue weighted by Gasteiger charge is -2.17. The maximum atomic E-state index is 13.1. The third kappa shape index (κ3) is 2.60. The lowest BCUT2D eigenvalue weighted by Crippen LogP contribution is -2.15. The Morgan fingerprint density at radius 2 is 1.75 bits per heavy atom. The van der Waals surface area contributed by atoms with Crippen molar-refractivity contribution in [3.05, 3.63) is 42.0 Å². The molecule has 4 rings (SSSR count). The van der Waals surface area contributed by atoms with Crippen LogP contribution in [0.1, 0.15) is 5.56 Å². The molecule has 1 aliphatic heterocycles. The Balaban J connectivity index is 1.71. The van der Waals surface area contributed by atoms with Gasteiger partial charge in [-0.2, -0.15) is 13.2 Å². The molecule has 1 aliphatic rings. The van der Waals surface area contributed by atoms with Gasteiger partial charge in [0.15, 0.2) is 11.5 Å². The molecule has 2 aromatic carbocycles. The zero-order valence-electron chi connectivity index (χ0n) is 12.3. The topological polar surface area (TPSA) is 59.2 Å². The molecule has 24 heavy (non-hydrogen) atoms. The smallest absolute Gasteiger partial charge is 0.418 e. The molecule has 0 amide bonds. The summed E-state index contributed by atoms with van der Waals surface area (Å²) in [6.45, 7) is 0.906. The molecule has 0 unspecified atom stereocenters. The van der Waals surface area contributed by atoms with Gasteiger partial charge in [0, 0.05) is 12.1 Å². The molecule has 1 aromatic heterocycles. The predicted octanol–water partition coefficient (Wildman–Crippen LogP) is 4.10. The fraction of sp³-hybridized carbons (Fsp3) is 0.188. The predicted molar refractivity (Wildman–Crippen MR) is 81.8 cm³/mol. The standard InChI is InChI=1S/C16H12F3N3O2/c17-16(18,19)9-3-1-2-4-10(9)20-15-21-11-7-13-14(8-12(11)22-15)24-6-5-23-13/h1-4,7-8H,5-6H2,(H2,20,21,22). The highest BCUT2D eigenvalue weighted by Crippen LogP contribution is 2.37. The molecule has 0 spiro atoms. The number of ether oxygens (including phenoxy) is 2.